The van der Waals surface area contributed by atoms with E-state index in [1.807, 2.05) is 11.8 Å². The lowest BCUT2D eigenvalue weighted by atomic mass is 10.1. The number of aromatic nitrogens is 2. The lowest BCUT2D eigenvalue weighted by molar-refractivity contribution is -0.132. The van der Waals surface area contributed by atoms with Gasteiger partial charge in [-0.1, -0.05) is 0 Å². The number of carbonyl (C=O) groups excluding carboxylic acids is 1. The Kier molecular flexibility index (Phi) is 3.74. The van der Waals surface area contributed by atoms with Crippen LogP contribution in [0.2, 0.25) is 0 Å². The van der Waals surface area contributed by atoms with E-state index in [1.54, 1.807) is 17.9 Å². The molecular formula is C12H21N5O. The van der Waals surface area contributed by atoms with Crippen molar-refractivity contribution in [2.45, 2.75) is 32.2 Å². The number of nitrogen functional groups attached to an aromatic ring is 1. The van der Waals surface area contributed by atoms with E-state index in [2.05, 4.69) is 10.4 Å². The zero-order valence-electron chi connectivity index (χ0n) is 11.0. The van der Waals surface area contributed by atoms with Crippen LogP contribution in [0.15, 0.2) is 6.20 Å². The lowest BCUT2D eigenvalue weighted by Gasteiger charge is -2.29. The van der Waals surface area contributed by atoms with Crippen molar-refractivity contribution in [3.05, 3.63) is 6.20 Å². The van der Waals surface area contributed by atoms with Crippen LogP contribution in [-0.2, 0) is 11.8 Å². The fraction of sp³-hybridized carbons (Fsp3) is 0.667. The summed E-state index contributed by atoms with van der Waals surface area (Å²) in [7, 11) is 1.80. The molecule has 1 aromatic rings. The third kappa shape index (κ3) is 2.75. The van der Waals surface area contributed by atoms with E-state index >= 15 is 0 Å². The summed E-state index contributed by atoms with van der Waals surface area (Å²) in [4.78, 5) is 14.1. The first-order chi connectivity index (χ1) is 8.58. The Bertz CT molecular complexity index is 422. The summed E-state index contributed by atoms with van der Waals surface area (Å²) in [5.41, 5.74) is 6.36. The second kappa shape index (κ2) is 5.29. The minimum Gasteiger partial charge on any atom is -0.394 e. The first-order valence-corrected chi connectivity index (χ1v) is 6.42. The summed E-state index contributed by atoms with van der Waals surface area (Å²) in [6.45, 7) is 3.58. The molecule has 1 aliphatic rings. The third-order valence-corrected chi connectivity index (χ3v) is 3.25. The summed E-state index contributed by atoms with van der Waals surface area (Å²) < 4.78 is 1.63. The smallest absolute Gasteiger partial charge is 0.244 e. The molecule has 18 heavy (non-hydrogen) atoms. The molecule has 3 N–H and O–H groups in total. The Balaban J connectivity index is 1.96. The van der Waals surface area contributed by atoms with Gasteiger partial charge in [0.05, 0.1) is 5.69 Å². The molecule has 2 heterocycles. The molecule has 1 saturated heterocycles. The van der Waals surface area contributed by atoms with Crippen LogP contribution < -0.4 is 11.1 Å². The second-order valence-corrected chi connectivity index (χ2v) is 4.86. The maximum Gasteiger partial charge on any atom is 0.244 e. The van der Waals surface area contributed by atoms with Crippen molar-refractivity contribution in [3.8, 4) is 0 Å². The van der Waals surface area contributed by atoms with Crippen LogP contribution >= 0.6 is 0 Å². The van der Waals surface area contributed by atoms with Gasteiger partial charge in [-0.05, 0) is 26.2 Å². The molecule has 2 rings (SSSR count). The number of nitrogens with two attached hydrogens (primary N) is 1. The predicted octanol–water partition coefficient (Wildman–Crippen LogP) is 0.815. The Morgan fingerprint density at radius 2 is 2.11 bits per heavy atom. The average Bonchev–Trinajstić information content (AvgIpc) is 2.68. The molecule has 6 nitrogen and oxygen atoms in total. The summed E-state index contributed by atoms with van der Waals surface area (Å²) in [5.74, 6) is 0.704. The molecule has 1 atom stereocenters. The first-order valence-electron chi connectivity index (χ1n) is 6.42. The van der Waals surface area contributed by atoms with Crippen LogP contribution in [0.5, 0.6) is 0 Å². The third-order valence-electron chi connectivity index (χ3n) is 3.25. The molecule has 0 saturated carbocycles. The van der Waals surface area contributed by atoms with Crippen molar-refractivity contribution in [2.75, 3.05) is 24.1 Å². The standard InChI is InChI=1S/C12H21N5O/c1-9(12(18)17-6-4-3-5-7-17)14-11-10(13)8-16(2)15-11/h8-9H,3-7,13H2,1-2H3,(H,14,15). The fourth-order valence-corrected chi connectivity index (χ4v) is 2.27. The van der Waals surface area contributed by atoms with Crippen molar-refractivity contribution in [2.24, 2.45) is 7.05 Å². The van der Waals surface area contributed by atoms with Gasteiger partial charge >= 0.3 is 0 Å². The highest BCUT2D eigenvalue weighted by atomic mass is 16.2. The lowest BCUT2D eigenvalue weighted by Crippen LogP contribution is -2.44. The topological polar surface area (TPSA) is 76.2 Å². The number of nitrogens with one attached hydrogen (secondary N) is 1. The Morgan fingerprint density at radius 3 is 2.67 bits per heavy atom. The van der Waals surface area contributed by atoms with Crippen molar-refractivity contribution in [3.63, 3.8) is 0 Å². The van der Waals surface area contributed by atoms with Gasteiger partial charge in [-0.2, -0.15) is 5.10 Å². The van der Waals surface area contributed by atoms with E-state index in [4.69, 9.17) is 5.73 Å². The van der Waals surface area contributed by atoms with Crippen molar-refractivity contribution in [1.82, 2.24) is 14.7 Å². The molecule has 1 aromatic heterocycles. The zero-order chi connectivity index (χ0) is 13.1. The molecule has 0 aromatic carbocycles. The molecule has 1 amide bonds. The highest BCUT2D eigenvalue weighted by molar-refractivity contribution is 5.85. The van der Waals surface area contributed by atoms with E-state index < -0.39 is 0 Å². The minimum atomic E-state index is -0.291. The molecule has 0 radical (unpaired) electrons. The summed E-state index contributed by atoms with van der Waals surface area (Å²) in [5, 5.41) is 7.27. The normalized spacial score (nSPS) is 17.6. The Morgan fingerprint density at radius 1 is 1.44 bits per heavy atom. The maximum absolute atomic E-state index is 12.2. The van der Waals surface area contributed by atoms with Gasteiger partial charge in [0.2, 0.25) is 5.91 Å². The van der Waals surface area contributed by atoms with Crippen molar-refractivity contribution < 1.29 is 4.79 Å². The molecule has 1 aliphatic heterocycles. The molecule has 100 valence electrons. The van der Waals surface area contributed by atoms with Crippen LogP contribution in [0.1, 0.15) is 26.2 Å². The number of piperidine rings is 1. The van der Waals surface area contributed by atoms with Crippen molar-refractivity contribution >= 4 is 17.4 Å². The number of nitrogens with zero attached hydrogens (tertiary/aromatic N) is 3. The van der Waals surface area contributed by atoms with E-state index in [0.717, 1.165) is 25.9 Å². The second-order valence-electron chi connectivity index (χ2n) is 4.86. The van der Waals surface area contributed by atoms with Crippen LogP contribution in [0.3, 0.4) is 0 Å². The van der Waals surface area contributed by atoms with Gasteiger partial charge in [-0.25, -0.2) is 0 Å². The molecule has 0 bridgehead atoms. The molecule has 1 unspecified atom stereocenters. The highest BCUT2D eigenvalue weighted by Crippen LogP contribution is 2.17. The van der Waals surface area contributed by atoms with E-state index in [9.17, 15) is 4.79 Å². The number of hydrogen-bond donors (Lipinski definition) is 2. The zero-order valence-corrected chi connectivity index (χ0v) is 11.0. The average molecular weight is 251 g/mol. The van der Waals surface area contributed by atoms with E-state index in [-0.39, 0.29) is 11.9 Å². The number of hydrogen-bond acceptors (Lipinski definition) is 4. The van der Waals surface area contributed by atoms with Crippen LogP contribution in [-0.4, -0.2) is 39.7 Å². The van der Waals surface area contributed by atoms with Gasteiger partial charge in [-0.15, -0.1) is 0 Å². The molecule has 6 heteroatoms. The minimum absolute atomic E-state index is 0.125. The van der Waals surface area contributed by atoms with E-state index in [0.29, 0.717) is 11.5 Å². The largest absolute Gasteiger partial charge is 0.394 e. The summed E-state index contributed by atoms with van der Waals surface area (Å²) in [6.07, 6.45) is 5.15. The first kappa shape index (κ1) is 12.7. The highest BCUT2D eigenvalue weighted by Gasteiger charge is 2.23. The van der Waals surface area contributed by atoms with Gasteiger partial charge < -0.3 is 16.0 Å². The maximum atomic E-state index is 12.2. The van der Waals surface area contributed by atoms with E-state index in [1.165, 1.54) is 6.42 Å². The van der Waals surface area contributed by atoms with Gasteiger partial charge in [0.25, 0.3) is 0 Å². The quantitative estimate of drug-likeness (QED) is 0.833. The molecule has 1 fully saturated rings. The molecular weight excluding hydrogens is 230 g/mol. The SMILES string of the molecule is CC(Nc1nn(C)cc1N)C(=O)N1CCCCC1. The summed E-state index contributed by atoms with van der Waals surface area (Å²) >= 11 is 0. The van der Waals surface area contributed by atoms with Gasteiger partial charge in [0.1, 0.15) is 6.04 Å². The Hall–Kier alpha value is -1.72. The number of aryl methyl sites for hydroxylation is 1. The number of carbonyl (C=O) groups is 1. The van der Waals surface area contributed by atoms with Crippen molar-refractivity contribution in [1.29, 1.82) is 0 Å². The fourth-order valence-electron chi connectivity index (χ4n) is 2.27. The van der Waals surface area contributed by atoms with Crippen LogP contribution in [0.25, 0.3) is 0 Å². The number of amides is 1. The number of likely N-dealkylation sites (tertiary alicyclic amines) is 1. The molecule has 0 spiro atoms. The summed E-state index contributed by atoms with van der Waals surface area (Å²) in [6, 6.07) is -0.291. The monoisotopic (exact) mass is 251 g/mol. The van der Waals surface area contributed by atoms with Crippen LogP contribution in [0, 0.1) is 0 Å². The van der Waals surface area contributed by atoms with Crippen LogP contribution in [0.4, 0.5) is 11.5 Å². The number of rotatable bonds is 3. The van der Waals surface area contributed by atoms with Gasteiger partial charge in [0.15, 0.2) is 5.82 Å². The molecule has 0 aliphatic carbocycles. The van der Waals surface area contributed by atoms with Gasteiger partial charge in [0, 0.05) is 26.3 Å². The predicted molar refractivity (Wildman–Crippen MR) is 71.1 cm³/mol. The Labute approximate surface area is 107 Å². The number of anilines is 2. The van der Waals surface area contributed by atoms with Gasteiger partial charge in [-0.3, -0.25) is 9.48 Å².